The molecule has 5 heteroatoms. The lowest BCUT2D eigenvalue weighted by atomic mass is 9.75. The van der Waals surface area contributed by atoms with E-state index in [1.165, 1.54) is 0 Å². The van der Waals surface area contributed by atoms with Crippen molar-refractivity contribution in [1.29, 1.82) is 0 Å². The van der Waals surface area contributed by atoms with E-state index in [4.69, 9.17) is 11.6 Å². The first-order chi connectivity index (χ1) is 16.6. The van der Waals surface area contributed by atoms with Gasteiger partial charge in [0.15, 0.2) is 0 Å². The summed E-state index contributed by atoms with van der Waals surface area (Å²) in [5, 5.41) is -0.304. The Kier molecular flexibility index (Phi) is 6.53. The number of benzene rings is 3. The second-order valence-corrected chi connectivity index (χ2v) is 9.60. The molecule has 0 saturated carbocycles. The summed E-state index contributed by atoms with van der Waals surface area (Å²) in [6, 6.07) is 26.2. The number of halogens is 1. The van der Waals surface area contributed by atoms with E-state index in [0.717, 1.165) is 67.0 Å². The van der Waals surface area contributed by atoms with Crippen molar-refractivity contribution >= 4 is 22.8 Å². The number of amides is 1. The van der Waals surface area contributed by atoms with Crippen LogP contribution in [0.1, 0.15) is 29.5 Å². The van der Waals surface area contributed by atoms with Gasteiger partial charge in [-0.1, -0.05) is 78.9 Å². The van der Waals surface area contributed by atoms with Crippen molar-refractivity contribution in [3.63, 3.8) is 0 Å². The molecule has 1 heterocycles. The van der Waals surface area contributed by atoms with Gasteiger partial charge in [0.2, 0.25) is 11.1 Å². The first kappa shape index (κ1) is 22.8. The summed E-state index contributed by atoms with van der Waals surface area (Å²) in [6.07, 6.45) is 2.00. The molecule has 1 amide bonds. The quantitative estimate of drug-likeness (QED) is 0.460. The van der Waals surface area contributed by atoms with E-state index in [-0.39, 0.29) is 11.1 Å². The van der Waals surface area contributed by atoms with E-state index in [1.54, 1.807) is 0 Å². The number of piperazine rings is 1. The van der Waals surface area contributed by atoms with Crippen molar-refractivity contribution < 1.29 is 9.59 Å². The van der Waals surface area contributed by atoms with Gasteiger partial charge in [0, 0.05) is 26.2 Å². The summed E-state index contributed by atoms with van der Waals surface area (Å²) in [4.78, 5) is 30.0. The largest absolute Gasteiger partial charge is 0.340 e. The molecule has 0 N–H and O–H groups in total. The Morgan fingerprint density at radius 2 is 1.32 bits per heavy atom. The van der Waals surface area contributed by atoms with E-state index >= 15 is 0 Å². The fraction of sp³-hybridized carbons (Fsp3) is 0.310. The van der Waals surface area contributed by atoms with Gasteiger partial charge in [0.1, 0.15) is 0 Å². The minimum Gasteiger partial charge on any atom is -0.340 e. The lowest BCUT2D eigenvalue weighted by Crippen LogP contribution is -2.49. The standard InChI is InChI=1S/C29H29ClN2O2/c30-28(34)29(25-13-6-4-11-23(25)24-12-5-7-14-26(24)29)15-8-16-31-17-19-32(20-18-31)27(33)21-22-9-2-1-3-10-22/h1-7,9-14H,8,15-21H2. The first-order valence-electron chi connectivity index (χ1n) is 12.0. The molecule has 1 fully saturated rings. The zero-order valence-electron chi connectivity index (χ0n) is 19.3. The molecule has 2 aliphatic rings. The van der Waals surface area contributed by atoms with Crippen molar-refractivity contribution in [2.45, 2.75) is 24.7 Å². The maximum absolute atomic E-state index is 13.0. The van der Waals surface area contributed by atoms with Crippen LogP contribution >= 0.6 is 11.6 Å². The Morgan fingerprint density at radius 1 is 0.765 bits per heavy atom. The Balaban J connectivity index is 1.21. The molecule has 0 aromatic heterocycles. The average Bonchev–Trinajstić information content (AvgIpc) is 3.16. The highest BCUT2D eigenvalue weighted by molar-refractivity contribution is 6.66. The zero-order valence-corrected chi connectivity index (χ0v) is 20.0. The highest BCUT2D eigenvalue weighted by Gasteiger charge is 2.47. The van der Waals surface area contributed by atoms with Crippen LogP contribution in [0.2, 0.25) is 0 Å². The van der Waals surface area contributed by atoms with Crippen molar-refractivity contribution in [1.82, 2.24) is 9.80 Å². The molecule has 0 unspecified atom stereocenters. The number of hydrogen-bond donors (Lipinski definition) is 0. The van der Waals surface area contributed by atoms with E-state index in [0.29, 0.717) is 12.8 Å². The maximum atomic E-state index is 13.0. The van der Waals surface area contributed by atoms with Crippen LogP contribution in [0.4, 0.5) is 0 Å². The topological polar surface area (TPSA) is 40.6 Å². The predicted octanol–water partition coefficient (Wildman–Crippen LogP) is 4.89. The molecule has 1 saturated heterocycles. The van der Waals surface area contributed by atoms with Crippen LogP contribution in [0.15, 0.2) is 78.9 Å². The minimum atomic E-state index is -0.789. The molecule has 34 heavy (non-hydrogen) atoms. The summed E-state index contributed by atoms with van der Waals surface area (Å²) in [6.45, 7) is 4.09. The number of carbonyl (C=O) groups is 2. The summed E-state index contributed by atoms with van der Waals surface area (Å²) < 4.78 is 0. The molecule has 0 spiro atoms. The van der Waals surface area contributed by atoms with Gasteiger partial charge >= 0.3 is 0 Å². The molecule has 0 radical (unpaired) electrons. The molecule has 0 bridgehead atoms. The van der Waals surface area contributed by atoms with E-state index < -0.39 is 5.41 Å². The zero-order chi connectivity index (χ0) is 23.5. The second kappa shape index (κ2) is 9.73. The fourth-order valence-corrected chi connectivity index (χ4v) is 5.87. The van der Waals surface area contributed by atoms with Crippen molar-refractivity contribution in [3.05, 3.63) is 95.6 Å². The number of rotatable bonds is 7. The third kappa shape index (κ3) is 4.17. The number of carbonyl (C=O) groups excluding carboxylic acids is 2. The van der Waals surface area contributed by atoms with Gasteiger partial charge in [0.25, 0.3) is 0 Å². The van der Waals surface area contributed by atoms with E-state index in [9.17, 15) is 9.59 Å². The predicted molar refractivity (Wildman–Crippen MR) is 136 cm³/mol. The highest BCUT2D eigenvalue weighted by atomic mass is 35.5. The Bertz CT molecular complexity index is 1140. The molecule has 5 rings (SSSR count). The van der Waals surface area contributed by atoms with Crippen LogP contribution in [0.5, 0.6) is 0 Å². The normalized spacial score (nSPS) is 16.7. The number of nitrogens with zero attached hydrogens (tertiary/aromatic N) is 2. The average molecular weight is 473 g/mol. The highest BCUT2D eigenvalue weighted by Crippen LogP contribution is 2.52. The van der Waals surface area contributed by atoms with Crippen LogP contribution in [-0.4, -0.2) is 53.7 Å². The third-order valence-electron chi connectivity index (χ3n) is 7.35. The van der Waals surface area contributed by atoms with Crippen molar-refractivity contribution in [2.24, 2.45) is 0 Å². The van der Waals surface area contributed by atoms with Crippen LogP contribution in [0.25, 0.3) is 11.1 Å². The van der Waals surface area contributed by atoms with Gasteiger partial charge in [-0.3, -0.25) is 14.5 Å². The van der Waals surface area contributed by atoms with Gasteiger partial charge < -0.3 is 4.90 Å². The maximum Gasteiger partial charge on any atom is 0.236 e. The first-order valence-corrected chi connectivity index (χ1v) is 12.4. The molecular formula is C29H29ClN2O2. The third-order valence-corrected chi connectivity index (χ3v) is 7.67. The molecule has 1 aliphatic carbocycles. The van der Waals surface area contributed by atoms with Crippen molar-refractivity contribution in [3.8, 4) is 11.1 Å². The van der Waals surface area contributed by atoms with Crippen LogP contribution in [0.3, 0.4) is 0 Å². The van der Waals surface area contributed by atoms with Crippen LogP contribution in [0, 0.1) is 0 Å². The van der Waals surface area contributed by atoms with E-state index in [1.807, 2.05) is 71.6 Å². The van der Waals surface area contributed by atoms with Gasteiger partial charge in [0.05, 0.1) is 11.8 Å². The van der Waals surface area contributed by atoms with E-state index in [2.05, 4.69) is 17.0 Å². The second-order valence-electron chi connectivity index (χ2n) is 9.26. The summed E-state index contributed by atoms with van der Waals surface area (Å²) >= 11 is 6.34. The Hall–Kier alpha value is -2.95. The smallest absolute Gasteiger partial charge is 0.236 e. The van der Waals surface area contributed by atoms with Crippen molar-refractivity contribution in [2.75, 3.05) is 32.7 Å². The Labute approximate surface area is 206 Å². The van der Waals surface area contributed by atoms with Crippen LogP contribution in [-0.2, 0) is 21.4 Å². The molecule has 1 aliphatic heterocycles. The molecular weight excluding hydrogens is 444 g/mol. The SMILES string of the molecule is O=C(Cc1ccccc1)N1CCN(CCCC2(C(=O)Cl)c3ccccc3-c3ccccc32)CC1. The minimum absolute atomic E-state index is 0.191. The number of hydrogen-bond acceptors (Lipinski definition) is 3. The molecule has 4 nitrogen and oxygen atoms in total. The summed E-state index contributed by atoms with van der Waals surface area (Å²) in [5.41, 5.74) is 4.53. The van der Waals surface area contributed by atoms with Gasteiger partial charge in [-0.15, -0.1) is 0 Å². The Morgan fingerprint density at radius 3 is 1.91 bits per heavy atom. The van der Waals surface area contributed by atoms with Gasteiger partial charge in [-0.05, 0) is 58.8 Å². The lowest BCUT2D eigenvalue weighted by molar-refractivity contribution is -0.132. The monoisotopic (exact) mass is 472 g/mol. The summed E-state index contributed by atoms with van der Waals surface area (Å²) in [5.74, 6) is 0.191. The molecule has 0 atom stereocenters. The van der Waals surface area contributed by atoms with Crippen LogP contribution < -0.4 is 0 Å². The molecule has 3 aromatic rings. The summed E-state index contributed by atoms with van der Waals surface area (Å²) in [7, 11) is 0. The lowest BCUT2D eigenvalue weighted by Gasteiger charge is -2.35. The number of fused-ring (bicyclic) bond motifs is 3. The fourth-order valence-electron chi connectivity index (χ4n) is 5.58. The molecule has 3 aromatic carbocycles. The van der Waals surface area contributed by atoms with Gasteiger partial charge in [-0.2, -0.15) is 0 Å². The molecule has 174 valence electrons. The van der Waals surface area contributed by atoms with Gasteiger partial charge in [-0.25, -0.2) is 0 Å².